The van der Waals surface area contributed by atoms with Crippen LogP contribution in [0.3, 0.4) is 0 Å². The van der Waals surface area contributed by atoms with E-state index in [9.17, 15) is 14.9 Å². The summed E-state index contributed by atoms with van der Waals surface area (Å²) in [4.78, 5) is 28.8. The van der Waals surface area contributed by atoms with E-state index < -0.39 is 4.92 Å². The van der Waals surface area contributed by atoms with Crippen LogP contribution in [-0.4, -0.2) is 28.8 Å². The van der Waals surface area contributed by atoms with E-state index in [4.69, 9.17) is 0 Å². The van der Waals surface area contributed by atoms with Crippen molar-refractivity contribution in [2.24, 2.45) is 0 Å². The number of rotatable bonds is 3. The third kappa shape index (κ3) is 3.90. The number of ketones is 1. The molecule has 0 amide bonds. The molecule has 25 heavy (non-hydrogen) atoms. The fraction of sp³-hybridized carbons (Fsp3) is 0.158. The first-order valence-corrected chi connectivity index (χ1v) is 7.80. The minimum atomic E-state index is -0.446. The molecule has 1 aromatic carbocycles. The summed E-state index contributed by atoms with van der Waals surface area (Å²) in [6.45, 7) is 0.883. The van der Waals surface area contributed by atoms with E-state index in [1.54, 1.807) is 11.0 Å². The van der Waals surface area contributed by atoms with Crippen molar-refractivity contribution in [2.45, 2.75) is 6.42 Å². The molecule has 6 heteroatoms. The lowest BCUT2D eigenvalue weighted by molar-refractivity contribution is -0.384. The van der Waals surface area contributed by atoms with Crippen LogP contribution in [0.15, 0.2) is 60.3 Å². The number of nitro groups is 1. The highest BCUT2D eigenvalue weighted by Crippen LogP contribution is 2.27. The molecule has 2 heterocycles. The maximum Gasteiger partial charge on any atom is 0.311 e. The molecule has 0 fully saturated rings. The molecule has 2 aromatic rings. The molecule has 124 valence electrons. The fourth-order valence-electron chi connectivity index (χ4n) is 2.57. The molecule has 1 aliphatic heterocycles. The van der Waals surface area contributed by atoms with Gasteiger partial charge in [0.25, 0.3) is 0 Å². The van der Waals surface area contributed by atoms with Crippen molar-refractivity contribution in [1.82, 2.24) is 4.98 Å². The van der Waals surface area contributed by atoms with E-state index in [1.165, 1.54) is 18.3 Å². The molecule has 0 radical (unpaired) electrons. The molecule has 0 unspecified atom stereocenters. The summed E-state index contributed by atoms with van der Waals surface area (Å²) in [6, 6.07) is 12.3. The van der Waals surface area contributed by atoms with Crippen LogP contribution < -0.4 is 4.90 Å². The topological polar surface area (TPSA) is 76.3 Å². The lowest BCUT2D eigenvalue weighted by atomic mass is 10.0. The Morgan fingerprint density at radius 2 is 2.00 bits per heavy atom. The molecule has 0 bridgehead atoms. The number of carbonyl (C=O) groups is 1. The van der Waals surface area contributed by atoms with Crippen LogP contribution in [0.25, 0.3) is 0 Å². The Kier molecular flexibility index (Phi) is 4.86. The van der Waals surface area contributed by atoms with E-state index in [2.05, 4.69) is 16.8 Å². The highest BCUT2D eigenvalue weighted by Gasteiger charge is 2.23. The van der Waals surface area contributed by atoms with E-state index in [0.717, 1.165) is 5.56 Å². The third-order valence-electron chi connectivity index (χ3n) is 3.86. The Labute approximate surface area is 145 Å². The molecule has 6 nitrogen and oxygen atoms in total. The Morgan fingerprint density at radius 1 is 1.20 bits per heavy atom. The van der Waals surface area contributed by atoms with Crippen molar-refractivity contribution in [3.63, 3.8) is 0 Å². The molecular formula is C19H15N3O3. The second-order valence-corrected chi connectivity index (χ2v) is 5.47. The Hall–Kier alpha value is -3.46. The molecule has 0 atom stereocenters. The predicted molar refractivity (Wildman–Crippen MR) is 94.1 cm³/mol. The monoisotopic (exact) mass is 333 g/mol. The van der Waals surface area contributed by atoms with Crippen molar-refractivity contribution in [3.8, 4) is 11.8 Å². The van der Waals surface area contributed by atoms with Gasteiger partial charge in [-0.3, -0.25) is 14.9 Å². The van der Waals surface area contributed by atoms with Crippen LogP contribution in [0.5, 0.6) is 0 Å². The summed E-state index contributed by atoms with van der Waals surface area (Å²) in [6.07, 6.45) is 3.78. The maximum absolute atomic E-state index is 12.2. The van der Waals surface area contributed by atoms with E-state index >= 15 is 0 Å². The first-order chi connectivity index (χ1) is 12.1. The second kappa shape index (κ2) is 7.41. The van der Waals surface area contributed by atoms with Gasteiger partial charge in [0, 0.05) is 36.5 Å². The average Bonchev–Trinajstić information content (AvgIpc) is 2.67. The van der Waals surface area contributed by atoms with Gasteiger partial charge >= 0.3 is 5.69 Å². The third-order valence-corrected chi connectivity index (χ3v) is 3.86. The number of pyridine rings is 1. The number of nitrogens with zero attached hydrogens (tertiary/aromatic N) is 3. The normalized spacial score (nSPS) is 13.4. The Balaban J connectivity index is 1.72. The molecular weight excluding hydrogens is 318 g/mol. The van der Waals surface area contributed by atoms with Crippen LogP contribution in [-0.2, 0) is 4.79 Å². The van der Waals surface area contributed by atoms with Gasteiger partial charge in [0.05, 0.1) is 4.92 Å². The van der Waals surface area contributed by atoms with Crippen LogP contribution >= 0.6 is 0 Å². The predicted octanol–water partition coefficient (Wildman–Crippen LogP) is 2.75. The van der Waals surface area contributed by atoms with Crippen LogP contribution in [0.4, 0.5) is 11.5 Å². The average molecular weight is 333 g/mol. The van der Waals surface area contributed by atoms with Crippen molar-refractivity contribution < 1.29 is 9.72 Å². The van der Waals surface area contributed by atoms with Gasteiger partial charge in [0.2, 0.25) is 11.6 Å². The van der Waals surface area contributed by atoms with Gasteiger partial charge in [-0.15, -0.1) is 0 Å². The number of aromatic nitrogens is 1. The quantitative estimate of drug-likeness (QED) is 0.490. The highest BCUT2D eigenvalue weighted by molar-refractivity contribution is 6.09. The first-order valence-electron chi connectivity index (χ1n) is 7.80. The summed E-state index contributed by atoms with van der Waals surface area (Å²) in [5.74, 6) is 5.62. The number of carbonyl (C=O) groups excluding carboxylic acids is 1. The zero-order valence-electron chi connectivity index (χ0n) is 13.4. The number of hydrogen-bond donors (Lipinski definition) is 0. The number of Topliss-reactive ketones (excluding diaryl/α,β-unsaturated/α-hetero) is 1. The van der Waals surface area contributed by atoms with E-state index in [-0.39, 0.29) is 11.5 Å². The van der Waals surface area contributed by atoms with Crippen molar-refractivity contribution in [3.05, 3.63) is 76.0 Å². The molecule has 0 spiro atoms. The van der Waals surface area contributed by atoms with Gasteiger partial charge in [-0.1, -0.05) is 30.2 Å². The molecule has 0 saturated carbocycles. The second-order valence-electron chi connectivity index (χ2n) is 5.47. The minimum absolute atomic E-state index is 0.0328. The molecule has 1 aliphatic rings. The smallest absolute Gasteiger partial charge is 0.311 e. The van der Waals surface area contributed by atoms with Crippen LogP contribution in [0.2, 0.25) is 0 Å². The van der Waals surface area contributed by atoms with Crippen molar-refractivity contribution in [1.29, 1.82) is 0 Å². The highest BCUT2D eigenvalue weighted by atomic mass is 16.6. The van der Waals surface area contributed by atoms with Gasteiger partial charge in [-0.05, 0) is 30.5 Å². The Morgan fingerprint density at radius 3 is 2.68 bits per heavy atom. The zero-order valence-corrected chi connectivity index (χ0v) is 13.4. The summed E-state index contributed by atoms with van der Waals surface area (Å²) < 4.78 is 0. The van der Waals surface area contributed by atoms with Gasteiger partial charge < -0.3 is 4.90 Å². The number of hydrogen-bond acceptors (Lipinski definition) is 5. The summed E-state index contributed by atoms with van der Waals surface area (Å²) in [5, 5.41) is 11.1. The molecule has 0 saturated heterocycles. The molecule has 3 rings (SSSR count). The van der Waals surface area contributed by atoms with Gasteiger partial charge in [-0.25, -0.2) is 4.98 Å². The van der Waals surface area contributed by atoms with Crippen LogP contribution in [0, 0.1) is 22.0 Å². The summed E-state index contributed by atoms with van der Waals surface area (Å²) >= 11 is 0. The van der Waals surface area contributed by atoms with Crippen LogP contribution in [0.1, 0.15) is 12.0 Å². The van der Waals surface area contributed by atoms with Crippen molar-refractivity contribution >= 4 is 17.3 Å². The lowest BCUT2D eigenvalue weighted by Gasteiger charge is -2.25. The zero-order chi connectivity index (χ0) is 17.6. The Bertz CT molecular complexity index is 895. The van der Waals surface area contributed by atoms with Gasteiger partial charge in [-0.2, -0.15) is 0 Å². The SMILES string of the molecule is O=C(C#Cc1ccccc1)C1=CCN(c2ncccc2[N+](=O)[O-])CC1. The summed E-state index contributed by atoms with van der Waals surface area (Å²) in [7, 11) is 0. The number of anilines is 1. The lowest BCUT2D eigenvalue weighted by Crippen LogP contribution is -2.31. The first kappa shape index (κ1) is 16.4. The fourth-order valence-corrected chi connectivity index (χ4v) is 2.57. The van der Waals surface area contributed by atoms with E-state index in [1.807, 2.05) is 30.3 Å². The molecule has 1 aromatic heterocycles. The minimum Gasteiger partial charge on any atom is -0.347 e. The van der Waals surface area contributed by atoms with Gasteiger partial charge in [0.15, 0.2) is 0 Å². The number of benzene rings is 1. The van der Waals surface area contributed by atoms with Crippen molar-refractivity contribution in [2.75, 3.05) is 18.0 Å². The largest absolute Gasteiger partial charge is 0.347 e. The molecule has 0 aliphatic carbocycles. The van der Waals surface area contributed by atoms with E-state index in [0.29, 0.717) is 30.9 Å². The summed E-state index contributed by atoms with van der Waals surface area (Å²) in [5.41, 5.74) is 1.39. The maximum atomic E-state index is 12.2. The van der Waals surface area contributed by atoms with Gasteiger partial charge in [0.1, 0.15) is 0 Å². The molecule has 0 N–H and O–H groups in total. The standard InChI is InChI=1S/C19H15N3O3/c23-18(9-8-15-5-2-1-3-6-15)16-10-13-21(14-11-16)19-17(22(24)25)7-4-12-20-19/h1-7,10,12H,11,13-14H2.